The Bertz CT molecular complexity index is 534. The molecule has 19 heavy (non-hydrogen) atoms. The Labute approximate surface area is 113 Å². The van der Waals surface area contributed by atoms with Crippen molar-refractivity contribution in [2.45, 2.75) is 26.7 Å². The average molecular weight is 261 g/mol. The van der Waals surface area contributed by atoms with Crippen molar-refractivity contribution in [3.05, 3.63) is 29.8 Å². The molecule has 1 amide bonds. The van der Waals surface area contributed by atoms with Gasteiger partial charge in [-0.25, -0.2) is 0 Å². The van der Waals surface area contributed by atoms with Gasteiger partial charge in [0, 0.05) is 12.1 Å². The molecule has 0 atom stereocenters. The highest BCUT2D eigenvalue weighted by molar-refractivity contribution is 5.99. The third kappa shape index (κ3) is 2.30. The van der Waals surface area contributed by atoms with Crippen LogP contribution < -0.4 is 9.64 Å². The predicted molar refractivity (Wildman–Crippen MR) is 75.7 cm³/mol. The fourth-order valence-electron chi connectivity index (χ4n) is 2.31. The van der Waals surface area contributed by atoms with E-state index in [1.807, 2.05) is 26.8 Å². The van der Waals surface area contributed by atoms with Gasteiger partial charge < -0.3 is 14.7 Å². The van der Waals surface area contributed by atoms with Gasteiger partial charge in [0.1, 0.15) is 11.5 Å². The summed E-state index contributed by atoms with van der Waals surface area (Å²) in [5.74, 6) is 0.829. The third-order valence-corrected chi connectivity index (χ3v) is 3.30. The Morgan fingerprint density at radius 2 is 2.21 bits per heavy atom. The lowest BCUT2D eigenvalue weighted by molar-refractivity contribution is -0.121. The number of hydrogen-bond donors (Lipinski definition) is 1. The van der Waals surface area contributed by atoms with Crippen LogP contribution in [0.5, 0.6) is 5.75 Å². The second kappa shape index (κ2) is 4.96. The van der Waals surface area contributed by atoms with Crippen molar-refractivity contribution in [1.82, 2.24) is 0 Å². The maximum atomic E-state index is 11.9. The number of aliphatic hydroxyl groups is 1. The zero-order valence-electron chi connectivity index (χ0n) is 11.6. The Hall–Kier alpha value is -1.97. The number of carbonyl (C=O) groups is 1. The van der Waals surface area contributed by atoms with Gasteiger partial charge in [-0.05, 0) is 30.5 Å². The quantitative estimate of drug-likeness (QED) is 0.851. The maximum absolute atomic E-state index is 11.9. The van der Waals surface area contributed by atoms with Crippen molar-refractivity contribution in [2.75, 3.05) is 18.1 Å². The molecular weight excluding hydrogens is 242 g/mol. The van der Waals surface area contributed by atoms with Crippen molar-refractivity contribution in [1.29, 1.82) is 0 Å². The molecule has 102 valence electrons. The molecule has 1 heterocycles. The molecule has 0 aliphatic carbocycles. The molecule has 1 aliphatic heterocycles. The first-order chi connectivity index (χ1) is 8.95. The number of hydrogen-bond acceptors (Lipinski definition) is 3. The number of benzene rings is 1. The van der Waals surface area contributed by atoms with E-state index < -0.39 is 0 Å². The third-order valence-electron chi connectivity index (χ3n) is 3.30. The smallest absolute Gasteiger partial charge is 0.265 e. The van der Waals surface area contributed by atoms with Crippen LogP contribution in [0.4, 0.5) is 5.69 Å². The molecule has 0 radical (unpaired) electrons. The van der Waals surface area contributed by atoms with E-state index in [4.69, 9.17) is 4.74 Å². The predicted octanol–water partition coefficient (Wildman–Crippen LogP) is 3.08. The summed E-state index contributed by atoms with van der Waals surface area (Å²) in [4.78, 5) is 13.6. The van der Waals surface area contributed by atoms with E-state index >= 15 is 0 Å². The van der Waals surface area contributed by atoms with Gasteiger partial charge in [-0.15, -0.1) is 0 Å². The van der Waals surface area contributed by atoms with E-state index in [1.165, 1.54) is 0 Å². The highest BCUT2D eigenvalue weighted by Gasteiger charge is 2.28. The molecule has 0 saturated heterocycles. The molecule has 4 heteroatoms. The van der Waals surface area contributed by atoms with Crippen molar-refractivity contribution in [2.24, 2.45) is 0 Å². The Morgan fingerprint density at radius 1 is 1.53 bits per heavy atom. The van der Waals surface area contributed by atoms with Gasteiger partial charge >= 0.3 is 0 Å². The first-order valence-electron chi connectivity index (χ1n) is 6.45. The van der Waals surface area contributed by atoms with Crippen molar-refractivity contribution < 1.29 is 14.6 Å². The van der Waals surface area contributed by atoms with Crippen LogP contribution in [0.15, 0.2) is 18.7 Å². The minimum absolute atomic E-state index is 0.00764. The normalized spacial score (nSPS) is 14.3. The topological polar surface area (TPSA) is 49.8 Å². The van der Waals surface area contributed by atoms with Gasteiger partial charge in [0.05, 0.1) is 5.69 Å². The summed E-state index contributed by atoms with van der Waals surface area (Å²) in [7, 11) is 0. The van der Waals surface area contributed by atoms with Gasteiger partial charge in [0.25, 0.3) is 5.91 Å². The molecule has 1 aliphatic rings. The van der Waals surface area contributed by atoms with E-state index in [2.05, 4.69) is 6.58 Å². The fourth-order valence-corrected chi connectivity index (χ4v) is 2.31. The lowest BCUT2D eigenvalue weighted by Gasteiger charge is -2.32. The lowest BCUT2D eigenvalue weighted by Crippen LogP contribution is -2.39. The van der Waals surface area contributed by atoms with Crippen LogP contribution in [-0.4, -0.2) is 24.2 Å². The van der Waals surface area contributed by atoms with Crippen molar-refractivity contribution in [3.8, 4) is 5.75 Å². The number of amides is 1. The number of anilines is 1. The number of likely N-dealkylation sites (N-methyl/N-ethyl adjacent to an activating group) is 1. The average Bonchev–Trinajstić information content (AvgIpc) is 2.37. The van der Waals surface area contributed by atoms with Gasteiger partial charge in [-0.2, -0.15) is 0 Å². The summed E-state index contributed by atoms with van der Waals surface area (Å²) in [5.41, 5.74) is 2.43. The largest absolute Gasteiger partial charge is 0.508 e. The van der Waals surface area contributed by atoms with Crippen LogP contribution in [0, 0.1) is 0 Å². The number of rotatable bonds is 3. The maximum Gasteiger partial charge on any atom is 0.265 e. The summed E-state index contributed by atoms with van der Waals surface area (Å²) < 4.78 is 5.51. The van der Waals surface area contributed by atoms with Gasteiger partial charge in [-0.1, -0.05) is 20.4 Å². The van der Waals surface area contributed by atoms with Crippen LogP contribution in [0.2, 0.25) is 0 Å². The summed E-state index contributed by atoms with van der Waals surface area (Å²) in [6, 6.07) is 3.61. The zero-order valence-corrected chi connectivity index (χ0v) is 11.6. The molecule has 0 unspecified atom stereocenters. The Kier molecular flexibility index (Phi) is 3.51. The first kappa shape index (κ1) is 13.5. The van der Waals surface area contributed by atoms with Gasteiger partial charge in [0.2, 0.25) is 0 Å². The molecule has 4 nitrogen and oxygen atoms in total. The molecule has 1 N–H and O–H groups in total. The summed E-state index contributed by atoms with van der Waals surface area (Å²) in [6.45, 7) is 10.2. The highest BCUT2D eigenvalue weighted by atomic mass is 16.5. The fraction of sp³-hybridized carbons (Fsp3) is 0.400. The molecular formula is C15H19NO3. The number of carbonyl (C=O) groups excluding carboxylic acids is 1. The van der Waals surface area contributed by atoms with Gasteiger partial charge in [0.15, 0.2) is 6.61 Å². The molecule has 0 saturated carbocycles. The zero-order chi connectivity index (χ0) is 14.2. The van der Waals surface area contributed by atoms with Gasteiger partial charge in [-0.3, -0.25) is 4.79 Å². The Balaban J connectivity index is 2.66. The molecule has 2 rings (SSSR count). The molecule has 0 fully saturated rings. The minimum Gasteiger partial charge on any atom is -0.508 e. The van der Waals surface area contributed by atoms with Crippen LogP contribution in [-0.2, 0) is 4.79 Å². The van der Waals surface area contributed by atoms with Crippen molar-refractivity contribution in [3.63, 3.8) is 0 Å². The SMILES string of the molecule is C=C(O)c1cc2c(c(C(C)C)c1)N(CC)C(=O)CO2. The van der Waals surface area contributed by atoms with E-state index in [1.54, 1.807) is 11.0 Å². The summed E-state index contributed by atoms with van der Waals surface area (Å²) in [6.07, 6.45) is 0. The van der Waals surface area contributed by atoms with Crippen LogP contribution in [0.25, 0.3) is 5.76 Å². The highest BCUT2D eigenvalue weighted by Crippen LogP contribution is 2.40. The van der Waals surface area contributed by atoms with Crippen LogP contribution in [0.3, 0.4) is 0 Å². The number of nitrogens with zero attached hydrogens (tertiary/aromatic N) is 1. The first-order valence-corrected chi connectivity index (χ1v) is 6.45. The van der Waals surface area contributed by atoms with E-state index in [0.717, 1.165) is 11.3 Å². The summed E-state index contributed by atoms with van der Waals surface area (Å²) >= 11 is 0. The molecule has 0 spiro atoms. The molecule has 0 bridgehead atoms. The number of fused-ring (bicyclic) bond motifs is 1. The van der Waals surface area contributed by atoms with E-state index in [9.17, 15) is 9.90 Å². The lowest BCUT2D eigenvalue weighted by atomic mass is 9.95. The number of aliphatic hydroxyl groups excluding tert-OH is 1. The summed E-state index contributed by atoms with van der Waals surface area (Å²) in [5, 5.41) is 9.58. The van der Waals surface area contributed by atoms with E-state index in [0.29, 0.717) is 17.9 Å². The second-order valence-electron chi connectivity index (χ2n) is 4.94. The standard InChI is InChI=1S/C15H19NO3/c1-5-16-14(18)8-19-13-7-11(10(4)17)6-12(9(2)3)15(13)16/h6-7,9,17H,4-5,8H2,1-3H3. The number of ether oxygens (including phenoxy) is 1. The molecule has 1 aromatic rings. The van der Waals surface area contributed by atoms with Crippen LogP contribution in [0.1, 0.15) is 37.8 Å². The van der Waals surface area contributed by atoms with Crippen LogP contribution >= 0.6 is 0 Å². The Morgan fingerprint density at radius 3 is 2.74 bits per heavy atom. The molecule has 0 aromatic heterocycles. The molecule has 1 aromatic carbocycles. The second-order valence-corrected chi connectivity index (χ2v) is 4.94. The monoisotopic (exact) mass is 261 g/mol. The minimum atomic E-state index is -0.0347. The van der Waals surface area contributed by atoms with Crippen molar-refractivity contribution >= 4 is 17.4 Å². The van der Waals surface area contributed by atoms with E-state index in [-0.39, 0.29) is 24.2 Å².